The fourth-order valence-corrected chi connectivity index (χ4v) is 1.97. The second kappa shape index (κ2) is 5.35. The molecule has 1 aliphatic rings. The van der Waals surface area contributed by atoms with Gasteiger partial charge in [0, 0.05) is 38.1 Å². The van der Waals surface area contributed by atoms with Crippen LogP contribution >= 0.6 is 0 Å². The zero-order valence-electron chi connectivity index (χ0n) is 10.5. The van der Waals surface area contributed by atoms with Crippen LogP contribution in [0.4, 0.5) is 0 Å². The maximum absolute atomic E-state index is 11.9. The Balaban J connectivity index is 1.87. The molecular weight excluding hydrogens is 232 g/mol. The minimum atomic E-state index is -0.261. The van der Waals surface area contributed by atoms with Gasteiger partial charge in [0.2, 0.25) is 5.56 Å². The van der Waals surface area contributed by atoms with Crippen LogP contribution in [0, 0.1) is 5.41 Å². The van der Waals surface area contributed by atoms with Crippen LogP contribution in [0.2, 0.25) is 0 Å². The summed E-state index contributed by atoms with van der Waals surface area (Å²) in [5.41, 5.74) is 0.358. The third kappa shape index (κ3) is 3.20. The monoisotopic (exact) mass is 250 g/mol. The van der Waals surface area contributed by atoms with E-state index in [9.17, 15) is 9.59 Å². The van der Waals surface area contributed by atoms with Gasteiger partial charge in [-0.1, -0.05) is 0 Å². The molecule has 1 amide bonds. The Bertz CT molecular complexity index is 477. The highest BCUT2D eigenvalue weighted by Gasteiger charge is 2.42. The van der Waals surface area contributed by atoms with Crippen molar-refractivity contribution in [2.24, 2.45) is 5.41 Å². The number of carbonyl (C=O) groups is 1. The second-order valence-corrected chi connectivity index (χ2v) is 4.87. The summed E-state index contributed by atoms with van der Waals surface area (Å²) in [4.78, 5) is 25.4. The third-order valence-electron chi connectivity index (χ3n) is 3.45. The maximum atomic E-state index is 11.9. The molecule has 1 aromatic heterocycles. The molecule has 2 N–H and O–H groups in total. The summed E-state index contributed by atoms with van der Waals surface area (Å²) >= 11 is 0. The van der Waals surface area contributed by atoms with E-state index in [2.05, 4.69) is 10.3 Å². The Kier molecular flexibility index (Phi) is 3.81. The van der Waals surface area contributed by atoms with Crippen molar-refractivity contribution in [3.63, 3.8) is 0 Å². The summed E-state index contributed by atoms with van der Waals surface area (Å²) < 4.78 is 5.07. The predicted molar refractivity (Wildman–Crippen MR) is 67.6 cm³/mol. The van der Waals surface area contributed by atoms with Crippen molar-refractivity contribution < 1.29 is 9.53 Å². The highest BCUT2D eigenvalue weighted by Crippen LogP contribution is 2.48. The van der Waals surface area contributed by atoms with E-state index in [4.69, 9.17) is 4.74 Å². The van der Waals surface area contributed by atoms with E-state index in [1.807, 2.05) is 0 Å². The molecule has 5 nitrogen and oxygen atoms in total. The van der Waals surface area contributed by atoms with Gasteiger partial charge in [0.25, 0.3) is 5.91 Å². The number of ether oxygens (including phenoxy) is 1. The predicted octanol–water partition coefficient (Wildman–Crippen LogP) is 0.921. The normalized spacial score (nSPS) is 16.3. The van der Waals surface area contributed by atoms with Gasteiger partial charge in [-0.05, 0) is 30.7 Å². The standard InChI is InChI=1S/C13H18N2O3/c1-18-7-5-13(3-4-13)9-15-12(17)10-2-6-14-11(16)8-10/h2,6,8H,3-5,7,9H2,1H3,(H,14,16)(H,15,17). The molecule has 1 fully saturated rings. The lowest BCUT2D eigenvalue weighted by molar-refractivity contribution is 0.0937. The van der Waals surface area contributed by atoms with Gasteiger partial charge in [0.1, 0.15) is 0 Å². The molecule has 0 saturated heterocycles. The SMILES string of the molecule is COCCC1(CNC(=O)c2cc[nH]c(=O)c2)CC1. The largest absolute Gasteiger partial charge is 0.385 e. The smallest absolute Gasteiger partial charge is 0.251 e. The highest BCUT2D eigenvalue weighted by molar-refractivity contribution is 5.93. The van der Waals surface area contributed by atoms with Gasteiger partial charge in [-0.3, -0.25) is 9.59 Å². The van der Waals surface area contributed by atoms with Crippen LogP contribution in [0.5, 0.6) is 0 Å². The molecule has 0 unspecified atom stereocenters. The van der Waals surface area contributed by atoms with Crippen molar-refractivity contribution in [2.45, 2.75) is 19.3 Å². The van der Waals surface area contributed by atoms with Crippen LogP contribution in [-0.2, 0) is 4.74 Å². The van der Waals surface area contributed by atoms with Crippen LogP contribution in [0.1, 0.15) is 29.6 Å². The zero-order valence-corrected chi connectivity index (χ0v) is 10.5. The maximum Gasteiger partial charge on any atom is 0.251 e. The Hall–Kier alpha value is -1.62. The lowest BCUT2D eigenvalue weighted by Gasteiger charge is -2.15. The number of hydrogen-bond donors (Lipinski definition) is 2. The third-order valence-corrected chi connectivity index (χ3v) is 3.45. The first-order chi connectivity index (χ1) is 8.65. The molecule has 1 saturated carbocycles. The first-order valence-electron chi connectivity index (χ1n) is 6.11. The van der Waals surface area contributed by atoms with E-state index in [-0.39, 0.29) is 16.9 Å². The van der Waals surface area contributed by atoms with Gasteiger partial charge in [-0.25, -0.2) is 0 Å². The number of rotatable bonds is 6. The van der Waals surface area contributed by atoms with Crippen LogP contribution in [0.25, 0.3) is 0 Å². The van der Waals surface area contributed by atoms with E-state index in [1.54, 1.807) is 13.2 Å². The summed E-state index contributed by atoms with van der Waals surface area (Å²) in [6.45, 7) is 1.38. The Morgan fingerprint density at radius 1 is 1.56 bits per heavy atom. The molecule has 0 spiro atoms. The van der Waals surface area contributed by atoms with Crippen LogP contribution in [0.3, 0.4) is 0 Å². The van der Waals surface area contributed by atoms with Crippen molar-refractivity contribution in [2.75, 3.05) is 20.3 Å². The molecule has 0 aliphatic heterocycles. The van der Waals surface area contributed by atoms with E-state index in [0.717, 1.165) is 25.9 Å². The highest BCUT2D eigenvalue weighted by atomic mass is 16.5. The number of amides is 1. The summed E-state index contributed by atoms with van der Waals surface area (Å²) in [7, 11) is 1.69. The topological polar surface area (TPSA) is 71.2 Å². The fourth-order valence-electron chi connectivity index (χ4n) is 1.97. The number of hydrogen-bond acceptors (Lipinski definition) is 3. The van der Waals surface area contributed by atoms with Crippen molar-refractivity contribution in [1.82, 2.24) is 10.3 Å². The minimum absolute atomic E-state index is 0.190. The fraction of sp³-hybridized carbons (Fsp3) is 0.538. The number of carbonyl (C=O) groups excluding carboxylic acids is 1. The molecule has 2 rings (SSSR count). The number of pyridine rings is 1. The quantitative estimate of drug-likeness (QED) is 0.788. The minimum Gasteiger partial charge on any atom is -0.385 e. The number of methoxy groups -OCH3 is 1. The summed E-state index contributed by atoms with van der Waals surface area (Å²) in [5, 5.41) is 2.89. The van der Waals surface area contributed by atoms with Gasteiger partial charge in [0.05, 0.1) is 0 Å². The Morgan fingerprint density at radius 3 is 2.94 bits per heavy atom. The molecule has 0 aromatic carbocycles. The lowest BCUT2D eigenvalue weighted by Crippen LogP contribution is -2.31. The summed E-state index contributed by atoms with van der Waals surface area (Å²) in [5.74, 6) is -0.190. The van der Waals surface area contributed by atoms with Crippen molar-refractivity contribution in [3.05, 3.63) is 34.2 Å². The summed E-state index contributed by atoms with van der Waals surface area (Å²) in [6.07, 6.45) is 4.71. The van der Waals surface area contributed by atoms with E-state index < -0.39 is 0 Å². The van der Waals surface area contributed by atoms with E-state index in [0.29, 0.717) is 12.1 Å². The number of aromatic nitrogens is 1. The molecule has 5 heteroatoms. The van der Waals surface area contributed by atoms with Crippen LogP contribution in [0.15, 0.2) is 23.1 Å². The average Bonchev–Trinajstić information content (AvgIpc) is 3.14. The molecule has 0 bridgehead atoms. The number of aromatic amines is 1. The van der Waals surface area contributed by atoms with Gasteiger partial charge in [0.15, 0.2) is 0 Å². The molecule has 1 heterocycles. The van der Waals surface area contributed by atoms with Crippen LogP contribution < -0.4 is 10.9 Å². The number of nitrogens with one attached hydrogen (secondary N) is 2. The van der Waals surface area contributed by atoms with Gasteiger partial charge < -0.3 is 15.0 Å². The molecule has 98 valence electrons. The molecule has 1 aliphatic carbocycles. The molecule has 0 radical (unpaired) electrons. The van der Waals surface area contributed by atoms with Gasteiger partial charge >= 0.3 is 0 Å². The first kappa shape index (κ1) is 12.8. The Morgan fingerprint density at radius 2 is 2.33 bits per heavy atom. The summed E-state index contributed by atoms with van der Waals surface area (Å²) in [6, 6.07) is 2.91. The molecule has 18 heavy (non-hydrogen) atoms. The van der Waals surface area contributed by atoms with E-state index in [1.165, 1.54) is 12.3 Å². The molecular formula is C13H18N2O3. The van der Waals surface area contributed by atoms with E-state index >= 15 is 0 Å². The van der Waals surface area contributed by atoms with Gasteiger partial charge in [-0.2, -0.15) is 0 Å². The van der Waals surface area contributed by atoms with Crippen molar-refractivity contribution in [3.8, 4) is 0 Å². The van der Waals surface area contributed by atoms with Crippen molar-refractivity contribution in [1.29, 1.82) is 0 Å². The Labute approximate surface area is 106 Å². The van der Waals surface area contributed by atoms with Crippen molar-refractivity contribution >= 4 is 5.91 Å². The molecule has 1 aromatic rings. The average molecular weight is 250 g/mol. The zero-order chi connectivity index (χ0) is 13.0. The van der Waals surface area contributed by atoms with Gasteiger partial charge in [-0.15, -0.1) is 0 Å². The lowest BCUT2D eigenvalue weighted by atomic mass is 10.0. The second-order valence-electron chi connectivity index (χ2n) is 4.87. The first-order valence-corrected chi connectivity index (χ1v) is 6.11. The van der Waals surface area contributed by atoms with Crippen LogP contribution in [-0.4, -0.2) is 31.2 Å². The number of H-pyrrole nitrogens is 1. The molecule has 0 atom stereocenters.